The molecule has 0 aliphatic heterocycles. The third-order valence-electron chi connectivity index (χ3n) is 3.59. The Balaban J connectivity index is 3.09. The van der Waals surface area contributed by atoms with Crippen LogP contribution in [0, 0.1) is 0 Å². The summed E-state index contributed by atoms with van der Waals surface area (Å²) in [5.41, 5.74) is 0. The van der Waals surface area contributed by atoms with Crippen molar-refractivity contribution in [2.75, 3.05) is 5.75 Å². The maximum atomic E-state index is 9.84. The summed E-state index contributed by atoms with van der Waals surface area (Å²) < 4.78 is 0. The zero-order valence-corrected chi connectivity index (χ0v) is 13.3. The van der Waals surface area contributed by atoms with Crippen LogP contribution >= 0.6 is 12.6 Å². The predicted molar refractivity (Wildman–Crippen MR) is 85.6 cm³/mol. The van der Waals surface area contributed by atoms with Crippen molar-refractivity contribution in [3.63, 3.8) is 0 Å². The molecule has 0 aromatic heterocycles. The van der Waals surface area contributed by atoms with Gasteiger partial charge in [-0.2, -0.15) is 12.6 Å². The van der Waals surface area contributed by atoms with Crippen LogP contribution in [0.1, 0.15) is 90.4 Å². The van der Waals surface area contributed by atoms with Gasteiger partial charge >= 0.3 is 0 Å². The third-order valence-corrected chi connectivity index (χ3v) is 3.90. The lowest BCUT2D eigenvalue weighted by Gasteiger charge is -2.10. The third kappa shape index (κ3) is 14.4. The lowest BCUT2D eigenvalue weighted by atomic mass is 10.0. The zero-order chi connectivity index (χ0) is 13.5. The molecule has 0 aliphatic carbocycles. The Morgan fingerprint density at radius 2 is 1.17 bits per heavy atom. The Bertz CT molecular complexity index is 150. The Morgan fingerprint density at radius 3 is 1.67 bits per heavy atom. The molecular weight excluding hydrogens is 240 g/mol. The number of unbranched alkanes of at least 4 members (excludes halogenated alkanes) is 9. The molecule has 0 aromatic rings. The summed E-state index contributed by atoms with van der Waals surface area (Å²) in [5, 5.41) is 9.84. The van der Waals surface area contributed by atoms with Crippen molar-refractivity contribution in [3.8, 4) is 0 Å². The Kier molecular flexibility index (Phi) is 15.6. The first-order valence-electron chi connectivity index (χ1n) is 8.10. The van der Waals surface area contributed by atoms with Gasteiger partial charge in [0.2, 0.25) is 0 Å². The average molecular weight is 275 g/mol. The highest BCUT2D eigenvalue weighted by atomic mass is 32.1. The summed E-state index contributed by atoms with van der Waals surface area (Å²) in [6.07, 6.45) is 16.2. The molecule has 0 saturated carbocycles. The smallest absolute Gasteiger partial charge is 0.0540 e. The van der Waals surface area contributed by atoms with E-state index in [9.17, 15) is 5.11 Å². The maximum absolute atomic E-state index is 9.84. The maximum Gasteiger partial charge on any atom is 0.0540 e. The monoisotopic (exact) mass is 274 g/mol. The number of thiol groups is 1. The van der Waals surface area contributed by atoms with E-state index in [2.05, 4.69) is 19.6 Å². The minimum absolute atomic E-state index is 0.0379. The average Bonchev–Trinajstić information content (AvgIpc) is 2.37. The Hall–Kier alpha value is 0.310. The van der Waals surface area contributed by atoms with Crippen molar-refractivity contribution < 1.29 is 5.11 Å². The van der Waals surface area contributed by atoms with Gasteiger partial charge in [0.1, 0.15) is 0 Å². The van der Waals surface area contributed by atoms with Crippen molar-refractivity contribution in [3.05, 3.63) is 0 Å². The van der Waals surface area contributed by atoms with Crippen LogP contribution in [0.25, 0.3) is 0 Å². The normalized spacial score (nSPS) is 12.8. The molecule has 0 fully saturated rings. The number of hydrogen-bond acceptors (Lipinski definition) is 2. The zero-order valence-electron chi connectivity index (χ0n) is 12.4. The summed E-state index contributed by atoms with van der Waals surface area (Å²) in [6, 6.07) is 0. The van der Waals surface area contributed by atoms with Crippen LogP contribution in [0.2, 0.25) is 0 Å². The number of aliphatic hydroxyl groups excluding tert-OH is 1. The SMILES string of the molecule is CCCCCCCC(O)CCCCCCCCS. The van der Waals surface area contributed by atoms with Crippen LogP contribution < -0.4 is 0 Å². The summed E-state index contributed by atoms with van der Waals surface area (Å²) in [5.74, 6) is 1.02. The lowest BCUT2D eigenvalue weighted by molar-refractivity contribution is 0.147. The lowest BCUT2D eigenvalue weighted by Crippen LogP contribution is -2.05. The fourth-order valence-corrected chi connectivity index (χ4v) is 2.55. The summed E-state index contributed by atoms with van der Waals surface area (Å²) in [7, 11) is 0. The van der Waals surface area contributed by atoms with E-state index in [1.165, 1.54) is 70.6 Å². The van der Waals surface area contributed by atoms with Gasteiger partial charge in [-0.3, -0.25) is 0 Å². The Morgan fingerprint density at radius 1 is 0.722 bits per heavy atom. The molecule has 0 rings (SSSR count). The first-order valence-corrected chi connectivity index (χ1v) is 8.73. The molecule has 1 atom stereocenters. The quantitative estimate of drug-likeness (QED) is 0.322. The molecule has 0 bridgehead atoms. The van der Waals surface area contributed by atoms with E-state index >= 15 is 0 Å². The summed E-state index contributed by atoms with van der Waals surface area (Å²) in [6.45, 7) is 2.24. The second kappa shape index (κ2) is 15.4. The fraction of sp³-hybridized carbons (Fsp3) is 1.00. The second-order valence-corrected chi connectivity index (χ2v) is 5.94. The minimum atomic E-state index is -0.0379. The molecule has 0 spiro atoms. The molecule has 110 valence electrons. The molecule has 0 aliphatic rings. The molecular formula is C16H34OS. The van der Waals surface area contributed by atoms with Gasteiger partial charge in [-0.25, -0.2) is 0 Å². The molecule has 0 heterocycles. The van der Waals surface area contributed by atoms with Gasteiger partial charge in [-0.05, 0) is 25.0 Å². The fourth-order valence-electron chi connectivity index (χ4n) is 2.33. The highest BCUT2D eigenvalue weighted by Crippen LogP contribution is 2.13. The molecule has 2 heteroatoms. The van der Waals surface area contributed by atoms with Gasteiger partial charge in [-0.15, -0.1) is 0 Å². The molecule has 0 radical (unpaired) electrons. The summed E-state index contributed by atoms with van der Waals surface area (Å²) in [4.78, 5) is 0. The van der Waals surface area contributed by atoms with Gasteiger partial charge in [0, 0.05) is 0 Å². The van der Waals surface area contributed by atoms with Crippen molar-refractivity contribution in [1.29, 1.82) is 0 Å². The van der Waals surface area contributed by atoms with Gasteiger partial charge < -0.3 is 5.11 Å². The van der Waals surface area contributed by atoms with Crippen LogP contribution in [0.5, 0.6) is 0 Å². The van der Waals surface area contributed by atoms with Crippen LogP contribution in [-0.2, 0) is 0 Å². The molecule has 0 aromatic carbocycles. The van der Waals surface area contributed by atoms with E-state index in [-0.39, 0.29) is 6.10 Å². The molecule has 1 N–H and O–H groups in total. The standard InChI is InChI=1S/C16H34OS/c1-2-3-4-7-10-13-16(17)14-11-8-5-6-9-12-15-18/h16-18H,2-15H2,1H3. The van der Waals surface area contributed by atoms with Crippen LogP contribution in [0.15, 0.2) is 0 Å². The van der Waals surface area contributed by atoms with Crippen molar-refractivity contribution in [2.24, 2.45) is 0 Å². The first kappa shape index (κ1) is 18.3. The van der Waals surface area contributed by atoms with Crippen molar-refractivity contribution in [2.45, 2.75) is 96.5 Å². The molecule has 0 saturated heterocycles. The van der Waals surface area contributed by atoms with Gasteiger partial charge in [0.25, 0.3) is 0 Å². The van der Waals surface area contributed by atoms with E-state index in [0.29, 0.717) is 0 Å². The predicted octanol–water partition coefficient (Wildman–Crippen LogP) is 5.37. The molecule has 18 heavy (non-hydrogen) atoms. The van der Waals surface area contributed by atoms with E-state index in [1.807, 2.05) is 0 Å². The van der Waals surface area contributed by atoms with E-state index in [1.54, 1.807) is 0 Å². The number of aliphatic hydroxyl groups is 1. The van der Waals surface area contributed by atoms with E-state index in [0.717, 1.165) is 18.6 Å². The minimum Gasteiger partial charge on any atom is -0.393 e. The first-order chi connectivity index (χ1) is 8.81. The summed E-state index contributed by atoms with van der Waals surface area (Å²) >= 11 is 4.21. The molecule has 0 amide bonds. The topological polar surface area (TPSA) is 20.2 Å². The van der Waals surface area contributed by atoms with Crippen molar-refractivity contribution >= 4 is 12.6 Å². The van der Waals surface area contributed by atoms with E-state index < -0.39 is 0 Å². The molecule has 1 unspecified atom stereocenters. The van der Waals surface area contributed by atoms with E-state index in [4.69, 9.17) is 0 Å². The van der Waals surface area contributed by atoms with Crippen LogP contribution in [0.3, 0.4) is 0 Å². The van der Waals surface area contributed by atoms with Crippen molar-refractivity contribution in [1.82, 2.24) is 0 Å². The van der Waals surface area contributed by atoms with Gasteiger partial charge in [0.05, 0.1) is 6.10 Å². The molecule has 1 nitrogen and oxygen atoms in total. The van der Waals surface area contributed by atoms with Crippen LogP contribution in [0.4, 0.5) is 0 Å². The highest BCUT2D eigenvalue weighted by Gasteiger charge is 2.03. The van der Waals surface area contributed by atoms with Crippen LogP contribution in [-0.4, -0.2) is 17.0 Å². The van der Waals surface area contributed by atoms with Gasteiger partial charge in [-0.1, -0.05) is 71.1 Å². The number of rotatable bonds is 14. The van der Waals surface area contributed by atoms with Gasteiger partial charge in [0.15, 0.2) is 0 Å². The highest BCUT2D eigenvalue weighted by molar-refractivity contribution is 7.80. The Labute approximate surface area is 120 Å². The second-order valence-electron chi connectivity index (χ2n) is 5.49. The number of hydrogen-bond donors (Lipinski definition) is 2. The largest absolute Gasteiger partial charge is 0.393 e.